The van der Waals surface area contributed by atoms with Gasteiger partial charge in [0.1, 0.15) is 6.04 Å². The molecule has 0 aromatic heterocycles. The standard InChI is InChI=1S/C30H36ClN3O4S/c1-5-23(3)32-30(36)28(19-24-10-7-6-8-11-24)34(20-25-12-9-13-26(31)18-25)29(35)21-33(4)39(37,38)27-16-14-22(2)15-17-27/h6-18,23,28H,5,19-21H2,1-4H3,(H,32,36)/t23-,28-/m1/s1. The first kappa shape index (κ1) is 30.3. The molecule has 2 amide bonds. The molecule has 7 nitrogen and oxygen atoms in total. The quantitative estimate of drug-likeness (QED) is 0.339. The lowest BCUT2D eigenvalue weighted by Gasteiger charge is -2.33. The Balaban J connectivity index is 1.98. The summed E-state index contributed by atoms with van der Waals surface area (Å²) in [4.78, 5) is 29.0. The van der Waals surface area contributed by atoms with Crippen LogP contribution in [0.1, 0.15) is 37.0 Å². The summed E-state index contributed by atoms with van der Waals surface area (Å²) in [5.74, 6) is -0.791. The molecule has 0 fully saturated rings. The minimum atomic E-state index is -3.93. The normalized spacial score (nSPS) is 13.1. The predicted molar refractivity (Wildman–Crippen MR) is 155 cm³/mol. The fourth-order valence-electron chi connectivity index (χ4n) is 4.08. The Hall–Kier alpha value is -3.20. The Kier molecular flexibility index (Phi) is 10.7. The number of halogens is 1. The van der Waals surface area contributed by atoms with Crippen molar-refractivity contribution in [2.75, 3.05) is 13.6 Å². The van der Waals surface area contributed by atoms with Crippen LogP contribution >= 0.6 is 11.6 Å². The molecule has 3 aromatic rings. The maximum atomic E-state index is 13.9. The summed E-state index contributed by atoms with van der Waals surface area (Å²) >= 11 is 6.22. The van der Waals surface area contributed by atoms with Crippen LogP contribution in [0.5, 0.6) is 0 Å². The molecular weight excluding hydrogens is 534 g/mol. The zero-order valence-electron chi connectivity index (χ0n) is 22.8. The molecule has 0 unspecified atom stereocenters. The van der Waals surface area contributed by atoms with E-state index < -0.39 is 28.5 Å². The predicted octanol–water partition coefficient (Wildman–Crippen LogP) is 4.82. The summed E-state index contributed by atoms with van der Waals surface area (Å²) in [6, 6.07) is 22.0. The number of carbonyl (C=O) groups is 2. The molecule has 1 N–H and O–H groups in total. The number of nitrogens with zero attached hydrogens (tertiary/aromatic N) is 2. The molecule has 0 aliphatic rings. The summed E-state index contributed by atoms with van der Waals surface area (Å²) < 4.78 is 27.5. The van der Waals surface area contributed by atoms with Gasteiger partial charge in [-0.15, -0.1) is 0 Å². The summed E-state index contributed by atoms with van der Waals surface area (Å²) in [5, 5.41) is 3.51. The van der Waals surface area contributed by atoms with Gasteiger partial charge in [0.15, 0.2) is 0 Å². The van der Waals surface area contributed by atoms with E-state index in [1.54, 1.807) is 30.3 Å². The number of nitrogens with one attached hydrogen (secondary N) is 1. The molecule has 0 aliphatic heterocycles. The second-order valence-corrected chi connectivity index (χ2v) is 12.2. The molecule has 0 radical (unpaired) electrons. The van der Waals surface area contributed by atoms with Crippen molar-refractivity contribution in [2.45, 2.75) is 57.1 Å². The van der Waals surface area contributed by atoms with Gasteiger partial charge in [-0.2, -0.15) is 4.31 Å². The van der Waals surface area contributed by atoms with Crippen molar-refractivity contribution in [2.24, 2.45) is 0 Å². The van der Waals surface area contributed by atoms with Crippen LogP contribution in [0.4, 0.5) is 0 Å². The third kappa shape index (κ3) is 8.39. The van der Waals surface area contributed by atoms with Gasteiger partial charge in [-0.1, -0.05) is 78.7 Å². The van der Waals surface area contributed by atoms with Crippen LogP contribution in [0.15, 0.2) is 83.8 Å². The van der Waals surface area contributed by atoms with Gasteiger partial charge in [0.05, 0.1) is 11.4 Å². The fraction of sp³-hybridized carbons (Fsp3) is 0.333. The molecule has 0 spiro atoms. The highest BCUT2D eigenvalue weighted by atomic mass is 35.5. The van der Waals surface area contributed by atoms with Crippen LogP contribution in [0.25, 0.3) is 0 Å². The van der Waals surface area contributed by atoms with Crippen molar-refractivity contribution in [1.82, 2.24) is 14.5 Å². The number of carbonyl (C=O) groups excluding carboxylic acids is 2. The molecule has 0 saturated carbocycles. The van der Waals surface area contributed by atoms with E-state index in [1.165, 1.54) is 24.1 Å². The lowest BCUT2D eigenvalue weighted by molar-refractivity contribution is -0.141. The van der Waals surface area contributed by atoms with E-state index in [-0.39, 0.29) is 29.8 Å². The topological polar surface area (TPSA) is 86.8 Å². The largest absolute Gasteiger partial charge is 0.352 e. The Morgan fingerprint density at radius 3 is 2.21 bits per heavy atom. The number of sulfonamides is 1. The average Bonchev–Trinajstić information content (AvgIpc) is 2.91. The molecule has 0 aliphatic carbocycles. The second kappa shape index (κ2) is 13.7. The monoisotopic (exact) mass is 569 g/mol. The molecule has 0 saturated heterocycles. The van der Waals surface area contributed by atoms with Crippen molar-refractivity contribution >= 4 is 33.4 Å². The van der Waals surface area contributed by atoms with Crippen LogP contribution in [0.2, 0.25) is 5.02 Å². The van der Waals surface area contributed by atoms with Gasteiger partial charge < -0.3 is 10.2 Å². The highest BCUT2D eigenvalue weighted by molar-refractivity contribution is 7.89. The number of likely N-dealkylation sites (N-methyl/N-ethyl adjacent to an activating group) is 1. The minimum Gasteiger partial charge on any atom is -0.352 e. The highest BCUT2D eigenvalue weighted by Crippen LogP contribution is 2.20. The smallest absolute Gasteiger partial charge is 0.243 e. The molecule has 0 bridgehead atoms. The molecular formula is C30H36ClN3O4S. The average molecular weight is 570 g/mol. The Bertz CT molecular complexity index is 1360. The summed E-state index contributed by atoms with van der Waals surface area (Å²) in [5.41, 5.74) is 2.54. The van der Waals surface area contributed by atoms with Crippen molar-refractivity contribution < 1.29 is 18.0 Å². The van der Waals surface area contributed by atoms with Gasteiger partial charge in [0, 0.05) is 31.1 Å². The van der Waals surface area contributed by atoms with Crippen LogP contribution in [0.3, 0.4) is 0 Å². The number of hydrogen-bond donors (Lipinski definition) is 1. The van der Waals surface area contributed by atoms with Gasteiger partial charge in [0.25, 0.3) is 0 Å². The number of aryl methyl sites for hydroxylation is 1. The number of amides is 2. The van der Waals surface area contributed by atoms with E-state index in [0.29, 0.717) is 5.02 Å². The van der Waals surface area contributed by atoms with Crippen LogP contribution in [-0.4, -0.2) is 55.1 Å². The van der Waals surface area contributed by atoms with E-state index in [4.69, 9.17) is 11.6 Å². The molecule has 208 valence electrons. The van der Waals surface area contributed by atoms with E-state index in [1.807, 2.05) is 57.2 Å². The maximum absolute atomic E-state index is 13.9. The Morgan fingerprint density at radius 1 is 0.949 bits per heavy atom. The van der Waals surface area contributed by atoms with Crippen molar-refractivity contribution in [3.8, 4) is 0 Å². The third-order valence-corrected chi connectivity index (χ3v) is 8.65. The van der Waals surface area contributed by atoms with Crippen molar-refractivity contribution in [3.63, 3.8) is 0 Å². The molecule has 2 atom stereocenters. The third-order valence-electron chi connectivity index (χ3n) is 6.60. The van der Waals surface area contributed by atoms with E-state index in [9.17, 15) is 18.0 Å². The zero-order chi connectivity index (χ0) is 28.6. The maximum Gasteiger partial charge on any atom is 0.243 e. The van der Waals surface area contributed by atoms with Gasteiger partial charge in [-0.05, 0) is 55.7 Å². The molecule has 0 heterocycles. The first-order valence-corrected chi connectivity index (χ1v) is 14.7. The lowest BCUT2D eigenvalue weighted by atomic mass is 10.0. The molecule has 3 rings (SSSR count). The number of benzene rings is 3. The second-order valence-electron chi connectivity index (χ2n) is 9.75. The Morgan fingerprint density at radius 2 is 1.59 bits per heavy atom. The fourth-order valence-corrected chi connectivity index (χ4v) is 5.42. The van der Waals surface area contributed by atoms with Crippen LogP contribution in [0, 0.1) is 6.92 Å². The summed E-state index contributed by atoms with van der Waals surface area (Å²) in [6.45, 7) is 5.40. The highest BCUT2D eigenvalue weighted by Gasteiger charge is 2.33. The molecule has 39 heavy (non-hydrogen) atoms. The molecule has 3 aromatic carbocycles. The van der Waals surface area contributed by atoms with E-state index in [2.05, 4.69) is 5.32 Å². The van der Waals surface area contributed by atoms with Crippen molar-refractivity contribution in [1.29, 1.82) is 0 Å². The van der Waals surface area contributed by atoms with Gasteiger partial charge in [-0.3, -0.25) is 9.59 Å². The SMILES string of the molecule is CC[C@@H](C)NC(=O)[C@@H](Cc1ccccc1)N(Cc1cccc(Cl)c1)C(=O)CN(C)S(=O)(=O)c1ccc(C)cc1. The number of rotatable bonds is 12. The van der Waals surface area contributed by atoms with E-state index in [0.717, 1.165) is 27.4 Å². The molecule has 9 heteroatoms. The first-order chi connectivity index (χ1) is 18.5. The van der Waals surface area contributed by atoms with Gasteiger partial charge in [-0.25, -0.2) is 8.42 Å². The zero-order valence-corrected chi connectivity index (χ0v) is 24.4. The summed E-state index contributed by atoms with van der Waals surface area (Å²) in [7, 11) is -2.56. The van der Waals surface area contributed by atoms with Crippen LogP contribution in [-0.2, 0) is 32.6 Å². The van der Waals surface area contributed by atoms with Gasteiger partial charge >= 0.3 is 0 Å². The minimum absolute atomic E-state index is 0.0865. The van der Waals surface area contributed by atoms with E-state index >= 15 is 0 Å². The van der Waals surface area contributed by atoms with Crippen LogP contribution < -0.4 is 5.32 Å². The Labute approximate surface area is 236 Å². The lowest BCUT2D eigenvalue weighted by Crippen LogP contribution is -2.54. The van der Waals surface area contributed by atoms with Crippen molar-refractivity contribution in [3.05, 3.63) is 101 Å². The van der Waals surface area contributed by atoms with Gasteiger partial charge in [0.2, 0.25) is 21.8 Å². The first-order valence-electron chi connectivity index (χ1n) is 12.9. The number of hydrogen-bond acceptors (Lipinski definition) is 4. The summed E-state index contributed by atoms with van der Waals surface area (Å²) in [6.07, 6.45) is 0.993.